The van der Waals surface area contributed by atoms with E-state index in [1.165, 1.54) is 65.4 Å². The van der Waals surface area contributed by atoms with E-state index >= 15 is 24.0 Å². The first-order valence-corrected chi connectivity index (χ1v) is 33.9. The van der Waals surface area contributed by atoms with Crippen LogP contribution in [0, 0.1) is 5.92 Å². The van der Waals surface area contributed by atoms with Crippen molar-refractivity contribution >= 4 is 80.7 Å². The van der Waals surface area contributed by atoms with Crippen molar-refractivity contribution in [2.75, 3.05) is 40.3 Å². The Morgan fingerprint density at radius 2 is 1.14 bits per heavy atom. The maximum Gasteiger partial charge on any atom is 0.247 e. The van der Waals surface area contributed by atoms with Crippen LogP contribution in [0.25, 0.3) is 21.7 Å². The first kappa shape index (κ1) is 75.1. The standard InChI is InChI=1S/C75H93N13O12/c1-46(2)38-59(68(94)81-58(20-12-36-79-75(77)78)74(100)88-37-13-21-63(88)66(92)34-35-76)82-69(95)60(40-49-23-29-54(90)30-24-49)83-72(98)65(42-50-25-31-55(91)32-26-50)87(4)73(99)62(45-89)85-70(96)61(43-53-44-80-57-19-11-10-18-56(53)57)84-71(97)64(41-47-14-6-5-7-15-47)86(3)67(93)33-27-48-22-28-51-16-8-9-17-52(51)39-48/h5-11,14-19,22-26,28-32,39,44,46,58-65,80,89-91H,12-13,20-21,27,33-38,40-43,45,76H2,1-4H3,(H,81,94)(H,82,95)(H,83,98)(H,84,97)(H,85,96)(H4,77,78,79)/t58-,59-,60+,61+,62-,63-,64+,65-/m0/s1. The maximum atomic E-state index is 15.3. The summed E-state index contributed by atoms with van der Waals surface area (Å²) < 4.78 is 0. The summed E-state index contributed by atoms with van der Waals surface area (Å²) >= 11 is 0. The molecule has 1 aliphatic rings. The number of Topliss-reactive ketones (excluding diaryl/α,β-unsaturated/α-hetero) is 1. The van der Waals surface area contributed by atoms with E-state index in [1.54, 1.807) is 13.2 Å². The van der Waals surface area contributed by atoms with E-state index in [9.17, 15) is 34.5 Å². The van der Waals surface area contributed by atoms with Crippen LogP contribution in [0.2, 0.25) is 0 Å². The number of para-hydroxylation sites is 1. The Morgan fingerprint density at radius 3 is 1.77 bits per heavy atom. The molecule has 0 unspecified atom stereocenters. The van der Waals surface area contributed by atoms with E-state index in [-0.39, 0.29) is 112 Å². The van der Waals surface area contributed by atoms with Gasteiger partial charge < -0.3 is 78.8 Å². The van der Waals surface area contributed by atoms with E-state index < -0.39 is 96.3 Å². The number of phenolic OH excluding ortho intramolecular Hbond substituents is 2. The number of aromatic nitrogens is 1. The minimum Gasteiger partial charge on any atom is -0.508 e. The van der Waals surface area contributed by atoms with Crippen molar-refractivity contribution in [1.29, 1.82) is 0 Å². The molecule has 0 bridgehead atoms. The van der Waals surface area contributed by atoms with Crippen LogP contribution in [0.4, 0.5) is 0 Å². The summed E-state index contributed by atoms with van der Waals surface area (Å²) in [6, 6.07) is 31.4. The Labute approximate surface area is 581 Å². The number of fused-ring (bicyclic) bond motifs is 2. The monoisotopic (exact) mass is 1370 g/mol. The number of benzene rings is 6. The lowest BCUT2D eigenvalue weighted by molar-refractivity contribution is -0.144. The van der Waals surface area contributed by atoms with Gasteiger partial charge in [0.2, 0.25) is 47.3 Å². The molecule has 1 saturated heterocycles. The number of nitrogens with two attached hydrogens (primary N) is 3. The van der Waals surface area contributed by atoms with Crippen LogP contribution in [0.3, 0.4) is 0 Å². The molecule has 8 amide bonds. The number of aromatic amines is 1. The van der Waals surface area contributed by atoms with Gasteiger partial charge in [0.15, 0.2) is 11.7 Å². The lowest BCUT2D eigenvalue weighted by Gasteiger charge is -2.33. The Kier molecular flexibility index (Phi) is 27.2. The lowest BCUT2D eigenvalue weighted by Crippen LogP contribution is -2.61. The number of likely N-dealkylation sites (N-methyl/N-ethyl adjacent to an activating group) is 2. The van der Waals surface area contributed by atoms with Crippen molar-refractivity contribution in [2.24, 2.45) is 28.1 Å². The van der Waals surface area contributed by atoms with Crippen LogP contribution in [-0.2, 0) is 75.3 Å². The van der Waals surface area contributed by atoms with Gasteiger partial charge in [-0.15, -0.1) is 0 Å². The number of hydrogen-bond donors (Lipinski definition) is 12. The number of phenols is 2. The summed E-state index contributed by atoms with van der Waals surface area (Å²) in [5.41, 5.74) is 20.8. The molecule has 2 heterocycles. The zero-order valence-electron chi connectivity index (χ0n) is 57.0. The van der Waals surface area contributed by atoms with Crippen molar-refractivity contribution in [1.82, 2.24) is 46.3 Å². The number of nitrogens with one attached hydrogen (secondary N) is 6. The molecule has 25 heteroatoms. The minimum absolute atomic E-state index is 0.0489. The van der Waals surface area contributed by atoms with Gasteiger partial charge in [-0.25, -0.2) is 0 Å². The quantitative estimate of drug-likeness (QED) is 0.0153. The minimum atomic E-state index is -1.76. The highest BCUT2D eigenvalue weighted by atomic mass is 16.3. The SMILES string of the molecule is CC(C)C[C@H](NC(=O)[C@@H](Cc1ccc(O)cc1)NC(=O)[C@H](Cc1ccc(O)cc1)N(C)C(=O)[C@H](CO)NC(=O)[C@@H](Cc1c[nH]c2ccccc12)NC(=O)[C@@H](Cc1ccccc1)N(C)C(=O)CCc1ccc2ccccc2c1)C(=O)N[C@@H](CCCN=C(N)N)C(=O)N1CCC[C@H]1C(=O)CCN. The second kappa shape index (κ2) is 36.3. The number of aliphatic imine (C=N–C) groups is 1. The summed E-state index contributed by atoms with van der Waals surface area (Å²) in [5, 5.41) is 48.5. The normalized spacial score (nSPS) is 14.9. The topological polar surface area (TPSA) is 390 Å². The molecule has 530 valence electrons. The third-order valence-corrected chi connectivity index (χ3v) is 18.1. The smallest absolute Gasteiger partial charge is 0.247 e. The number of nitrogens with zero attached hydrogens (tertiary/aromatic N) is 4. The number of ketones is 1. The molecule has 15 N–H and O–H groups in total. The number of aryl methyl sites for hydroxylation is 1. The Balaban J connectivity index is 1.05. The molecule has 100 heavy (non-hydrogen) atoms. The average Bonchev–Trinajstić information content (AvgIpc) is 1.15. The summed E-state index contributed by atoms with van der Waals surface area (Å²) in [6.07, 6.45) is 2.98. The third-order valence-electron chi connectivity index (χ3n) is 18.1. The Morgan fingerprint density at radius 1 is 0.600 bits per heavy atom. The number of amides is 8. The fraction of sp³-hybridized carbons (Fsp3) is 0.387. The highest BCUT2D eigenvalue weighted by molar-refractivity contribution is 5.99. The van der Waals surface area contributed by atoms with Crippen LogP contribution >= 0.6 is 0 Å². The Bertz CT molecular complexity index is 3990. The zero-order valence-corrected chi connectivity index (χ0v) is 57.0. The third kappa shape index (κ3) is 20.9. The fourth-order valence-corrected chi connectivity index (χ4v) is 12.6. The average molecular weight is 1370 g/mol. The van der Waals surface area contributed by atoms with Crippen molar-refractivity contribution < 1.29 is 58.5 Å². The van der Waals surface area contributed by atoms with Crippen LogP contribution in [0.5, 0.6) is 11.5 Å². The van der Waals surface area contributed by atoms with Gasteiger partial charge >= 0.3 is 0 Å². The van der Waals surface area contributed by atoms with Crippen LogP contribution in [-0.4, -0.2) is 183 Å². The molecular formula is C75H93N13O12. The molecular weight excluding hydrogens is 1270 g/mol. The number of aliphatic hydroxyl groups is 1. The van der Waals surface area contributed by atoms with E-state index in [1.807, 2.05) is 111 Å². The summed E-state index contributed by atoms with van der Waals surface area (Å²) in [5.74, 6) is -6.67. The number of carbonyl (C=O) groups is 9. The number of likely N-dealkylation sites (tertiary alicyclic amines) is 1. The van der Waals surface area contributed by atoms with Gasteiger partial charge in [-0.2, -0.15) is 0 Å². The highest BCUT2D eigenvalue weighted by Gasteiger charge is 2.40. The number of hydrogen-bond acceptors (Lipinski definition) is 14. The van der Waals surface area contributed by atoms with Gasteiger partial charge in [-0.05, 0) is 120 Å². The molecule has 1 fully saturated rings. The number of carbonyl (C=O) groups excluding carboxylic acids is 9. The first-order chi connectivity index (χ1) is 48.0. The van der Waals surface area contributed by atoms with Crippen molar-refractivity contribution in [3.05, 3.63) is 180 Å². The molecule has 6 aromatic carbocycles. The van der Waals surface area contributed by atoms with Crippen molar-refractivity contribution in [3.8, 4) is 11.5 Å². The van der Waals surface area contributed by atoms with Crippen LogP contribution < -0.4 is 43.8 Å². The number of aromatic hydroxyl groups is 2. The summed E-state index contributed by atoms with van der Waals surface area (Å²) in [6.45, 7) is 3.11. The van der Waals surface area contributed by atoms with Gasteiger partial charge in [0.1, 0.15) is 53.8 Å². The Hall–Kier alpha value is -10.7. The van der Waals surface area contributed by atoms with Crippen molar-refractivity contribution in [3.63, 3.8) is 0 Å². The van der Waals surface area contributed by atoms with Crippen LogP contribution in [0.15, 0.2) is 157 Å². The number of aliphatic hydroxyl groups excluding tert-OH is 1. The zero-order chi connectivity index (χ0) is 72.0. The summed E-state index contributed by atoms with van der Waals surface area (Å²) in [7, 11) is 2.82. The predicted octanol–water partition coefficient (Wildman–Crippen LogP) is 3.71. The molecule has 0 spiro atoms. The van der Waals surface area contributed by atoms with Crippen molar-refractivity contribution in [2.45, 2.75) is 139 Å². The van der Waals surface area contributed by atoms with Crippen LogP contribution in [0.1, 0.15) is 86.6 Å². The maximum absolute atomic E-state index is 15.3. The second-order valence-electron chi connectivity index (χ2n) is 25.9. The number of H-pyrrole nitrogens is 1. The molecule has 8 atom stereocenters. The van der Waals surface area contributed by atoms with Gasteiger partial charge in [0.05, 0.1) is 12.6 Å². The van der Waals surface area contributed by atoms with E-state index in [0.29, 0.717) is 36.0 Å². The van der Waals surface area contributed by atoms with E-state index in [0.717, 1.165) is 37.7 Å². The largest absolute Gasteiger partial charge is 0.508 e. The molecule has 0 aliphatic carbocycles. The van der Waals surface area contributed by atoms with Gasteiger partial charge in [0.25, 0.3) is 0 Å². The molecule has 7 aromatic rings. The predicted molar refractivity (Wildman–Crippen MR) is 381 cm³/mol. The fourth-order valence-electron chi connectivity index (χ4n) is 12.6. The first-order valence-electron chi connectivity index (χ1n) is 33.9. The van der Waals surface area contributed by atoms with Gasteiger partial charge in [-0.3, -0.25) is 48.1 Å². The molecule has 1 aliphatic heterocycles. The molecule has 0 radical (unpaired) electrons. The van der Waals surface area contributed by atoms with Gasteiger partial charge in [-0.1, -0.05) is 129 Å². The molecule has 25 nitrogen and oxygen atoms in total. The van der Waals surface area contributed by atoms with Gasteiger partial charge in [0, 0.05) is 82.8 Å². The molecule has 1 aromatic heterocycles. The molecule has 8 rings (SSSR count). The number of guanidine groups is 1. The summed E-state index contributed by atoms with van der Waals surface area (Å²) in [4.78, 5) is 143. The van der Waals surface area contributed by atoms with E-state index in [4.69, 9.17) is 17.2 Å². The number of rotatable bonds is 35. The molecule has 0 saturated carbocycles. The lowest BCUT2D eigenvalue weighted by atomic mass is 9.99. The highest BCUT2D eigenvalue weighted by Crippen LogP contribution is 2.25. The van der Waals surface area contributed by atoms with E-state index in [2.05, 4.69) is 36.6 Å². The second-order valence-corrected chi connectivity index (χ2v) is 25.9.